The molecule has 0 saturated carbocycles. The van der Waals surface area contributed by atoms with Crippen molar-refractivity contribution in [3.63, 3.8) is 0 Å². The molecule has 1 unspecified atom stereocenters. The zero-order valence-electron chi connectivity index (χ0n) is 13.0. The van der Waals surface area contributed by atoms with Crippen molar-refractivity contribution in [3.05, 3.63) is 71.3 Å². The van der Waals surface area contributed by atoms with Crippen molar-refractivity contribution in [1.29, 1.82) is 0 Å². The van der Waals surface area contributed by atoms with Gasteiger partial charge in [-0.2, -0.15) is 0 Å². The van der Waals surface area contributed by atoms with Crippen molar-refractivity contribution < 1.29 is 4.79 Å². The molecule has 0 aliphatic carbocycles. The van der Waals surface area contributed by atoms with E-state index in [0.717, 1.165) is 17.7 Å². The second-order valence-corrected chi connectivity index (χ2v) is 6.53. The van der Waals surface area contributed by atoms with Gasteiger partial charge in [0.15, 0.2) is 0 Å². The zero-order chi connectivity index (χ0) is 15.3. The molecule has 2 aromatic rings. The third-order valence-corrected chi connectivity index (χ3v) is 4.82. The van der Waals surface area contributed by atoms with Crippen LogP contribution in [0, 0.1) is 6.92 Å². The Morgan fingerprint density at radius 1 is 1.09 bits per heavy atom. The van der Waals surface area contributed by atoms with E-state index in [4.69, 9.17) is 0 Å². The van der Waals surface area contributed by atoms with E-state index < -0.39 is 0 Å². The first-order chi connectivity index (χ1) is 10.6. The SMILES string of the molecule is Cc1cccc(C2=CC3(C)CCC(=O)N3c3ccccc32)c1. The van der Waals surface area contributed by atoms with Crippen LogP contribution in [0.25, 0.3) is 5.57 Å². The summed E-state index contributed by atoms with van der Waals surface area (Å²) in [7, 11) is 0. The van der Waals surface area contributed by atoms with Gasteiger partial charge in [0.1, 0.15) is 0 Å². The number of fused-ring (bicyclic) bond motifs is 3. The van der Waals surface area contributed by atoms with Crippen LogP contribution in [0.1, 0.15) is 36.5 Å². The van der Waals surface area contributed by atoms with Gasteiger partial charge in [0.2, 0.25) is 5.91 Å². The number of nitrogens with zero attached hydrogens (tertiary/aromatic N) is 1. The first kappa shape index (κ1) is 13.3. The van der Waals surface area contributed by atoms with Gasteiger partial charge in [0.25, 0.3) is 0 Å². The quantitative estimate of drug-likeness (QED) is 0.765. The smallest absolute Gasteiger partial charge is 0.227 e. The molecule has 2 aromatic carbocycles. The highest BCUT2D eigenvalue weighted by molar-refractivity contribution is 6.04. The molecule has 2 aliphatic heterocycles. The molecule has 22 heavy (non-hydrogen) atoms. The lowest BCUT2D eigenvalue weighted by atomic mass is 9.84. The largest absolute Gasteiger partial charge is 0.302 e. The number of hydrogen-bond donors (Lipinski definition) is 0. The fourth-order valence-electron chi connectivity index (χ4n) is 3.75. The molecule has 1 atom stereocenters. The molecular weight excluding hydrogens is 270 g/mol. The molecule has 2 nitrogen and oxygen atoms in total. The van der Waals surface area contributed by atoms with Gasteiger partial charge in [-0.3, -0.25) is 4.79 Å². The Kier molecular flexibility index (Phi) is 2.77. The Hall–Kier alpha value is -2.35. The van der Waals surface area contributed by atoms with Crippen molar-refractivity contribution in [2.75, 3.05) is 4.90 Å². The van der Waals surface area contributed by atoms with Crippen molar-refractivity contribution >= 4 is 17.2 Å². The molecule has 4 rings (SSSR count). The van der Waals surface area contributed by atoms with Crippen LogP contribution in [0.2, 0.25) is 0 Å². The number of anilines is 1. The number of carbonyl (C=O) groups excluding carboxylic acids is 1. The highest BCUT2D eigenvalue weighted by Crippen LogP contribution is 2.46. The molecule has 0 spiro atoms. The lowest BCUT2D eigenvalue weighted by Crippen LogP contribution is -2.44. The summed E-state index contributed by atoms with van der Waals surface area (Å²) in [5.74, 6) is 0.231. The van der Waals surface area contributed by atoms with Gasteiger partial charge in [-0.05, 0) is 37.5 Å². The number of amides is 1. The fraction of sp³-hybridized carbons (Fsp3) is 0.250. The Morgan fingerprint density at radius 2 is 1.91 bits per heavy atom. The molecule has 0 N–H and O–H groups in total. The zero-order valence-corrected chi connectivity index (χ0v) is 13.0. The average Bonchev–Trinajstić information content (AvgIpc) is 2.82. The maximum absolute atomic E-state index is 12.4. The lowest BCUT2D eigenvalue weighted by Gasteiger charge is -2.39. The van der Waals surface area contributed by atoms with Crippen LogP contribution >= 0.6 is 0 Å². The van der Waals surface area contributed by atoms with Crippen LogP contribution in [-0.2, 0) is 4.79 Å². The van der Waals surface area contributed by atoms with Gasteiger partial charge in [0, 0.05) is 12.0 Å². The van der Waals surface area contributed by atoms with Gasteiger partial charge in [-0.25, -0.2) is 0 Å². The number of benzene rings is 2. The van der Waals surface area contributed by atoms with E-state index in [-0.39, 0.29) is 11.4 Å². The predicted molar refractivity (Wildman–Crippen MR) is 89.8 cm³/mol. The number of hydrogen-bond acceptors (Lipinski definition) is 1. The van der Waals surface area contributed by atoms with Crippen LogP contribution in [0.3, 0.4) is 0 Å². The molecule has 1 fully saturated rings. The summed E-state index contributed by atoms with van der Waals surface area (Å²) in [6.45, 7) is 4.29. The summed E-state index contributed by atoms with van der Waals surface area (Å²) in [4.78, 5) is 14.4. The average molecular weight is 289 g/mol. The molecule has 2 heteroatoms. The van der Waals surface area contributed by atoms with Crippen LogP contribution in [-0.4, -0.2) is 11.4 Å². The maximum Gasteiger partial charge on any atom is 0.227 e. The summed E-state index contributed by atoms with van der Waals surface area (Å²) in [6, 6.07) is 16.8. The number of aryl methyl sites for hydroxylation is 1. The second-order valence-electron chi connectivity index (χ2n) is 6.53. The molecule has 1 amide bonds. The van der Waals surface area contributed by atoms with Gasteiger partial charge >= 0.3 is 0 Å². The fourth-order valence-corrected chi connectivity index (χ4v) is 3.75. The molecular formula is C20H19NO. The van der Waals surface area contributed by atoms with E-state index in [1.54, 1.807) is 0 Å². The third-order valence-electron chi connectivity index (χ3n) is 4.82. The van der Waals surface area contributed by atoms with Gasteiger partial charge < -0.3 is 4.90 Å². The van der Waals surface area contributed by atoms with E-state index in [1.165, 1.54) is 16.7 Å². The van der Waals surface area contributed by atoms with E-state index in [1.807, 2.05) is 17.0 Å². The lowest BCUT2D eigenvalue weighted by molar-refractivity contribution is -0.117. The Labute approximate surface area is 131 Å². The van der Waals surface area contributed by atoms with Crippen molar-refractivity contribution in [2.24, 2.45) is 0 Å². The van der Waals surface area contributed by atoms with E-state index in [9.17, 15) is 4.79 Å². The molecule has 0 bridgehead atoms. The van der Waals surface area contributed by atoms with E-state index in [2.05, 4.69) is 56.3 Å². The normalized spacial score (nSPS) is 23.1. The molecule has 1 saturated heterocycles. The monoisotopic (exact) mass is 289 g/mol. The summed E-state index contributed by atoms with van der Waals surface area (Å²) in [6.07, 6.45) is 3.80. The number of rotatable bonds is 1. The summed E-state index contributed by atoms with van der Waals surface area (Å²) in [5.41, 5.74) is 5.73. The topological polar surface area (TPSA) is 20.3 Å². The molecule has 2 heterocycles. The van der Waals surface area contributed by atoms with Crippen LogP contribution in [0.5, 0.6) is 0 Å². The predicted octanol–water partition coefficient (Wildman–Crippen LogP) is 4.33. The number of para-hydroxylation sites is 1. The van der Waals surface area contributed by atoms with Gasteiger partial charge in [-0.15, -0.1) is 0 Å². The van der Waals surface area contributed by atoms with Gasteiger partial charge in [-0.1, -0.05) is 54.1 Å². The standard InChI is InChI=1S/C20H19NO/c1-14-6-5-7-15(12-14)17-13-20(2)11-10-19(22)21(20)18-9-4-3-8-16(17)18/h3-9,12-13H,10-11H2,1-2H3. The Morgan fingerprint density at radius 3 is 2.73 bits per heavy atom. The van der Waals surface area contributed by atoms with Crippen LogP contribution in [0.15, 0.2) is 54.6 Å². The molecule has 0 aromatic heterocycles. The molecule has 2 aliphatic rings. The number of carbonyl (C=O) groups is 1. The highest BCUT2D eigenvalue weighted by atomic mass is 16.2. The molecule has 0 radical (unpaired) electrons. The summed E-state index contributed by atoms with van der Waals surface area (Å²) >= 11 is 0. The van der Waals surface area contributed by atoms with E-state index in [0.29, 0.717) is 6.42 Å². The minimum atomic E-state index is -0.204. The van der Waals surface area contributed by atoms with Crippen LogP contribution in [0.4, 0.5) is 5.69 Å². The first-order valence-corrected chi connectivity index (χ1v) is 7.81. The summed E-state index contributed by atoms with van der Waals surface area (Å²) < 4.78 is 0. The first-order valence-electron chi connectivity index (χ1n) is 7.81. The summed E-state index contributed by atoms with van der Waals surface area (Å²) in [5, 5.41) is 0. The minimum Gasteiger partial charge on any atom is -0.302 e. The Balaban J connectivity index is 1.97. The van der Waals surface area contributed by atoms with Crippen molar-refractivity contribution in [1.82, 2.24) is 0 Å². The molecule has 110 valence electrons. The maximum atomic E-state index is 12.4. The van der Waals surface area contributed by atoms with E-state index >= 15 is 0 Å². The van der Waals surface area contributed by atoms with Gasteiger partial charge in [0.05, 0.1) is 11.2 Å². The van der Waals surface area contributed by atoms with Crippen molar-refractivity contribution in [3.8, 4) is 0 Å². The van der Waals surface area contributed by atoms with Crippen molar-refractivity contribution in [2.45, 2.75) is 32.2 Å². The van der Waals surface area contributed by atoms with Crippen LogP contribution < -0.4 is 4.90 Å². The highest BCUT2D eigenvalue weighted by Gasteiger charge is 2.44. The third kappa shape index (κ3) is 1.83. The Bertz CT molecular complexity index is 805. The minimum absolute atomic E-state index is 0.204. The second kappa shape index (κ2) is 4.57.